The Hall–Kier alpha value is -4.27. The average molecular weight is 524 g/mol. The zero-order valence-electron chi connectivity index (χ0n) is 22.3. The molecule has 0 aliphatic heterocycles. The molecule has 0 bridgehead atoms. The van der Waals surface area contributed by atoms with Gasteiger partial charge in [-0.15, -0.1) is 0 Å². The van der Waals surface area contributed by atoms with Gasteiger partial charge in [-0.2, -0.15) is 0 Å². The molecule has 3 aromatic rings. The lowest BCUT2D eigenvalue weighted by Crippen LogP contribution is -2.17. The Balaban J connectivity index is 1.79. The number of carbonyl (C=O) groups excluding carboxylic acids is 1. The van der Waals surface area contributed by atoms with E-state index in [1.807, 2.05) is 38.1 Å². The van der Waals surface area contributed by atoms with E-state index in [1.165, 1.54) is 14.2 Å². The van der Waals surface area contributed by atoms with E-state index in [1.54, 1.807) is 43.5 Å². The van der Waals surface area contributed by atoms with Crippen LogP contribution in [0.25, 0.3) is 0 Å². The molecule has 9 heteroatoms. The monoisotopic (exact) mass is 523 g/mol. The molecular formula is C29H33NO8. The molecule has 3 rings (SSSR count). The van der Waals surface area contributed by atoms with Crippen LogP contribution in [0, 0.1) is 10.1 Å². The standard InChI is InChI=1S/C29H33NO8/c1-19(2)38-27-13-9-22(16-29(27)36-5)25(31)14-23(17-30(32)33)21-8-12-26(28(15-21)35-4)37-18-20-6-10-24(34-3)11-7-20/h6-13,15-16,19,23H,14,17-18H2,1-5H3. The summed E-state index contributed by atoms with van der Waals surface area (Å²) in [4.78, 5) is 24.2. The Morgan fingerprint density at radius 3 is 2.11 bits per heavy atom. The quantitative estimate of drug-likeness (QED) is 0.150. The van der Waals surface area contributed by atoms with Crippen LogP contribution in [-0.2, 0) is 6.61 Å². The fourth-order valence-corrected chi connectivity index (χ4v) is 3.94. The number of ketones is 1. The van der Waals surface area contributed by atoms with Crippen LogP contribution in [0.15, 0.2) is 60.7 Å². The van der Waals surface area contributed by atoms with E-state index in [2.05, 4.69) is 0 Å². The van der Waals surface area contributed by atoms with Crippen LogP contribution >= 0.6 is 0 Å². The molecule has 0 radical (unpaired) electrons. The highest BCUT2D eigenvalue weighted by atomic mass is 16.6. The van der Waals surface area contributed by atoms with E-state index in [0.29, 0.717) is 40.7 Å². The summed E-state index contributed by atoms with van der Waals surface area (Å²) >= 11 is 0. The molecule has 0 aromatic heterocycles. The number of rotatable bonds is 14. The molecule has 3 aromatic carbocycles. The third kappa shape index (κ3) is 7.61. The smallest absolute Gasteiger partial charge is 0.211 e. The van der Waals surface area contributed by atoms with Gasteiger partial charge in [0.25, 0.3) is 0 Å². The SMILES string of the molecule is COc1ccc(COc2ccc(C(CC(=O)c3ccc(OC(C)C)c(OC)c3)C[N+](=O)[O-])cc2OC)cc1. The maximum absolute atomic E-state index is 13.2. The number of nitrogens with zero attached hydrogens (tertiary/aromatic N) is 1. The van der Waals surface area contributed by atoms with Crippen LogP contribution in [0.5, 0.6) is 28.7 Å². The normalized spacial score (nSPS) is 11.5. The average Bonchev–Trinajstić information content (AvgIpc) is 2.91. The Morgan fingerprint density at radius 1 is 0.842 bits per heavy atom. The number of hydrogen-bond donors (Lipinski definition) is 0. The molecule has 0 saturated carbocycles. The number of ether oxygens (including phenoxy) is 5. The molecule has 9 nitrogen and oxygen atoms in total. The summed E-state index contributed by atoms with van der Waals surface area (Å²) in [7, 11) is 4.60. The van der Waals surface area contributed by atoms with Gasteiger partial charge in [-0.05, 0) is 67.4 Å². The number of methoxy groups -OCH3 is 3. The van der Waals surface area contributed by atoms with Gasteiger partial charge in [-0.1, -0.05) is 18.2 Å². The predicted octanol–water partition coefficient (Wildman–Crippen LogP) is 5.71. The van der Waals surface area contributed by atoms with Gasteiger partial charge in [0.15, 0.2) is 28.8 Å². The van der Waals surface area contributed by atoms with Crippen LogP contribution in [0.3, 0.4) is 0 Å². The van der Waals surface area contributed by atoms with E-state index < -0.39 is 17.4 Å². The van der Waals surface area contributed by atoms with Crippen LogP contribution in [-0.4, -0.2) is 44.7 Å². The highest BCUT2D eigenvalue weighted by molar-refractivity contribution is 5.97. The molecule has 0 saturated heterocycles. The lowest BCUT2D eigenvalue weighted by molar-refractivity contribution is -0.483. The summed E-state index contributed by atoms with van der Waals surface area (Å²) in [6.07, 6.45) is -0.128. The molecule has 0 aliphatic carbocycles. The summed E-state index contributed by atoms with van der Waals surface area (Å²) in [5.41, 5.74) is 1.93. The number of Topliss-reactive ketones (excluding diaryl/α,β-unsaturated/α-hetero) is 1. The Kier molecular flexibility index (Phi) is 9.92. The van der Waals surface area contributed by atoms with Crippen molar-refractivity contribution in [2.75, 3.05) is 27.9 Å². The molecule has 0 heterocycles. The fraction of sp³-hybridized carbons (Fsp3) is 0.345. The highest BCUT2D eigenvalue weighted by Gasteiger charge is 2.24. The molecule has 0 N–H and O–H groups in total. The van der Waals surface area contributed by atoms with Crippen LogP contribution in [0.2, 0.25) is 0 Å². The zero-order valence-corrected chi connectivity index (χ0v) is 22.3. The Morgan fingerprint density at radius 2 is 1.50 bits per heavy atom. The zero-order chi connectivity index (χ0) is 27.7. The summed E-state index contributed by atoms with van der Waals surface area (Å²) < 4.78 is 27.7. The molecule has 1 unspecified atom stereocenters. The minimum absolute atomic E-state index is 0.0620. The molecular weight excluding hydrogens is 490 g/mol. The van der Waals surface area contributed by atoms with Gasteiger partial charge in [0, 0.05) is 16.9 Å². The first kappa shape index (κ1) is 28.3. The highest BCUT2D eigenvalue weighted by Crippen LogP contribution is 2.34. The van der Waals surface area contributed by atoms with Gasteiger partial charge in [-0.3, -0.25) is 14.9 Å². The number of hydrogen-bond acceptors (Lipinski definition) is 8. The molecule has 1 atom stereocenters. The lowest BCUT2D eigenvalue weighted by atomic mass is 9.91. The first-order chi connectivity index (χ1) is 18.2. The van der Waals surface area contributed by atoms with Gasteiger partial charge < -0.3 is 23.7 Å². The van der Waals surface area contributed by atoms with Gasteiger partial charge in [0.2, 0.25) is 6.54 Å². The Labute approximate surface area is 222 Å². The van der Waals surface area contributed by atoms with Crippen molar-refractivity contribution in [2.24, 2.45) is 0 Å². The molecule has 202 valence electrons. The maximum Gasteiger partial charge on any atom is 0.211 e. The number of benzene rings is 3. The van der Waals surface area contributed by atoms with Crippen molar-refractivity contribution >= 4 is 5.78 Å². The number of nitro groups is 1. The lowest BCUT2D eigenvalue weighted by Gasteiger charge is -2.17. The minimum atomic E-state index is -0.667. The molecule has 0 aliphatic rings. The molecule has 0 spiro atoms. The van der Waals surface area contributed by atoms with E-state index in [9.17, 15) is 14.9 Å². The largest absolute Gasteiger partial charge is 0.497 e. The fourth-order valence-electron chi connectivity index (χ4n) is 3.94. The van der Waals surface area contributed by atoms with Crippen molar-refractivity contribution in [2.45, 2.75) is 38.9 Å². The molecule has 0 amide bonds. The van der Waals surface area contributed by atoms with Gasteiger partial charge in [0.1, 0.15) is 12.4 Å². The summed E-state index contributed by atoms with van der Waals surface area (Å²) in [5, 5.41) is 11.5. The Bertz CT molecular complexity index is 1240. The van der Waals surface area contributed by atoms with E-state index >= 15 is 0 Å². The summed E-state index contributed by atoms with van der Waals surface area (Å²) in [6.45, 7) is 3.68. The summed E-state index contributed by atoms with van der Waals surface area (Å²) in [5.74, 6) is 1.70. The molecule has 38 heavy (non-hydrogen) atoms. The van der Waals surface area contributed by atoms with Crippen molar-refractivity contribution < 1.29 is 33.4 Å². The van der Waals surface area contributed by atoms with E-state index in [-0.39, 0.29) is 18.3 Å². The topological polar surface area (TPSA) is 106 Å². The van der Waals surface area contributed by atoms with E-state index in [4.69, 9.17) is 23.7 Å². The van der Waals surface area contributed by atoms with Crippen molar-refractivity contribution in [3.8, 4) is 28.7 Å². The third-order valence-electron chi connectivity index (χ3n) is 5.86. The van der Waals surface area contributed by atoms with E-state index in [0.717, 1.165) is 11.3 Å². The van der Waals surface area contributed by atoms with Crippen molar-refractivity contribution in [3.63, 3.8) is 0 Å². The van der Waals surface area contributed by atoms with Crippen molar-refractivity contribution in [1.29, 1.82) is 0 Å². The van der Waals surface area contributed by atoms with Crippen molar-refractivity contribution in [1.82, 2.24) is 0 Å². The van der Waals surface area contributed by atoms with Gasteiger partial charge in [-0.25, -0.2) is 0 Å². The first-order valence-corrected chi connectivity index (χ1v) is 12.2. The van der Waals surface area contributed by atoms with Crippen molar-refractivity contribution in [3.05, 3.63) is 87.5 Å². The van der Waals surface area contributed by atoms with Crippen LogP contribution in [0.1, 0.15) is 47.7 Å². The second kappa shape index (κ2) is 13.3. The van der Waals surface area contributed by atoms with Gasteiger partial charge in [0.05, 0.1) is 33.4 Å². The second-order valence-corrected chi connectivity index (χ2v) is 8.92. The maximum atomic E-state index is 13.2. The van der Waals surface area contributed by atoms with Crippen LogP contribution < -0.4 is 23.7 Å². The third-order valence-corrected chi connectivity index (χ3v) is 5.86. The van der Waals surface area contributed by atoms with Gasteiger partial charge >= 0.3 is 0 Å². The molecule has 0 fully saturated rings. The predicted molar refractivity (Wildman–Crippen MR) is 143 cm³/mol. The number of carbonyl (C=O) groups is 1. The van der Waals surface area contributed by atoms with Crippen LogP contribution in [0.4, 0.5) is 0 Å². The summed E-state index contributed by atoms with van der Waals surface area (Å²) in [6, 6.07) is 17.5. The second-order valence-electron chi connectivity index (χ2n) is 8.92. The minimum Gasteiger partial charge on any atom is -0.497 e. The first-order valence-electron chi connectivity index (χ1n) is 12.2.